The molecule has 1 amide bonds. The third-order valence-electron chi connectivity index (χ3n) is 5.84. The fraction of sp³-hybridized carbons (Fsp3) is 0.500. The van der Waals surface area contributed by atoms with Crippen molar-refractivity contribution in [2.24, 2.45) is 11.5 Å². The van der Waals surface area contributed by atoms with Crippen molar-refractivity contribution in [3.63, 3.8) is 0 Å². The fourth-order valence-corrected chi connectivity index (χ4v) is 4.52. The van der Waals surface area contributed by atoms with Crippen molar-refractivity contribution in [3.05, 3.63) is 35.9 Å². The molecule has 4 rings (SSSR count). The molecule has 0 bridgehead atoms. The van der Waals surface area contributed by atoms with Crippen LogP contribution in [0.25, 0.3) is 0 Å². The number of rotatable bonds is 3. The molecule has 0 radical (unpaired) electrons. The zero-order chi connectivity index (χ0) is 23.5. The summed E-state index contributed by atoms with van der Waals surface area (Å²) in [5.74, 6) is -3.79. The van der Waals surface area contributed by atoms with Gasteiger partial charge in [-0.1, -0.05) is 18.2 Å². The molecule has 1 spiro atoms. The molecule has 32 heavy (non-hydrogen) atoms. The van der Waals surface area contributed by atoms with E-state index in [1.165, 1.54) is 4.58 Å². The van der Waals surface area contributed by atoms with Crippen LogP contribution in [0.4, 0.5) is 0 Å². The zero-order valence-corrected chi connectivity index (χ0v) is 18.0. The van der Waals surface area contributed by atoms with Gasteiger partial charge in [-0.05, 0) is 32.9 Å². The Morgan fingerprint density at radius 1 is 1.25 bits per heavy atom. The lowest BCUT2D eigenvalue weighted by atomic mass is 9.85. The van der Waals surface area contributed by atoms with Crippen molar-refractivity contribution in [1.82, 2.24) is 16.0 Å². The highest BCUT2D eigenvalue weighted by atomic mass is 16.6. The van der Waals surface area contributed by atoms with Crippen LogP contribution >= 0.6 is 0 Å². The highest BCUT2D eigenvalue weighted by molar-refractivity contribution is 5.91. The molecule has 3 heterocycles. The molecule has 1 aromatic carbocycles. The zero-order valence-electron chi connectivity index (χ0n) is 18.0. The van der Waals surface area contributed by atoms with Crippen molar-refractivity contribution in [3.8, 4) is 0 Å². The minimum atomic E-state index is -2.66. The number of carbonyl (C=O) groups is 2. The van der Waals surface area contributed by atoms with Crippen LogP contribution in [0.15, 0.2) is 30.3 Å². The SMILES string of the molecule is CC(C)(C)NC(=O)C1NC(N)=[N+]2C[C@H](OC(=O)c3ccccc3)C(O)(O)[C@@]23NC(N)=[NH+][C@@H]13. The van der Waals surface area contributed by atoms with E-state index in [2.05, 4.69) is 20.9 Å². The van der Waals surface area contributed by atoms with Gasteiger partial charge in [-0.25, -0.2) is 14.7 Å². The van der Waals surface area contributed by atoms with Gasteiger partial charge < -0.3 is 20.3 Å². The number of nitrogens with two attached hydrogens (primary N) is 2. The third-order valence-corrected chi connectivity index (χ3v) is 5.84. The summed E-state index contributed by atoms with van der Waals surface area (Å²) in [5.41, 5.74) is 10.1. The van der Waals surface area contributed by atoms with Gasteiger partial charge in [-0.15, -0.1) is 0 Å². The predicted octanol–water partition coefficient (Wildman–Crippen LogP) is -4.82. The lowest BCUT2D eigenvalue weighted by Gasteiger charge is -2.40. The molecule has 3 aliphatic rings. The van der Waals surface area contributed by atoms with Gasteiger partial charge >= 0.3 is 23.6 Å². The second kappa shape index (κ2) is 7.07. The van der Waals surface area contributed by atoms with Crippen molar-refractivity contribution in [1.29, 1.82) is 0 Å². The molecule has 1 fully saturated rings. The predicted molar refractivity (Wildman–Crippen MR) is 112 cm³/mol. The molecule has 3 aliphatic heterocycles. The molecular formula is C20H29N7O5+2. The van der Waals surface area contributed by atoms with Crippen LogP contribution in [0.1, 0.15) is 31.1 Å². The molecule has 12 nitrogen and oxygen atoms in total. The number of hydrogen-bond donors (Lipinski definition) is 8. The molecule has 4 atom stereocenters. The summed E-state index contributed by atoms with van der Waals surface area (Å²) >= 11 is 0. The maximum absolute atomic E-state index is 13.0. The van der Waals surface area contributed by atoms with E-state index in [9.17, 15) is 19.8 Å². The monoisotopic (exact) mass is 447 g/mol. The van der Waals surface area contributed by atoms with E-state index in [0.29, 0.717) is 0 Å². The number of benzene rings is 1. The van der Waals surface area contributed by atoms with E-state index < -0.39 is 47.1 Å². The molecule has 1 aromatic rings. The maximum atomic E-state index is 13.0. The van der Waals surface area contributed by atoms with Crippen LogP contribution < -0.4 is 32.4 Å². The quantitative estimate of drug-likeness (QED) is 0.128. The van der Waals surface area contributed by atoms with E-state index >= 15 is 0 Å². The van der Waals surface area contributed by atoms with E-state index in [-0.39, 0.29) is 24.0 Å². The van der Waals surface area contributed by atoms with Crippen LogP contribution in [0.5, 0.6) is 0 Å². The number of nitrogens with zero attached hydrogens (tertiary/aromatic N) is 1. The van der Waals surface area contributed by atoms with Crippen LogP contribution in [0.3, 0.4) is 0 Å². The van der Waals surface area contributed by atoms with Gasteiger partial charge in [0.1, 0.15) is 6.54 Å². The first-order valence-corrected chi connectivity index (χ1v) is 10.2. The Bertz CT molecular complexity index is 1020. The van der Waals surface area contributed by atoms with E-state index in [4.69, 9.17) is 16.2 Å². The summed E-state index contributed by atoms with van der Waals surface area (Å²) in [5, 5.41) is 31.2. The van der Waals surface area contributed by atoms with E-state index in [0.717, 1.165) is 0 Å². The van der Waals surface area contributed by atoms with Gasteiger partial charge in [0.2, 0.25) is 0 Å². The Morgan fingerprint density at radius 3 is 2.53 bits per heavy atom. The third kappa shape index (κ3) is 3.22. The molecule has 172 valence electrons. The van der Waals surface area contributed by atoms with Gasteiger partial charge in [0.05, 0.1) is 5.56 Å². The van der Waals surface area contributed by atoms with Crippen LogP contribution in [-0.4, -0.2) is 80.3 Å². The highest BCUT2D eigenvalue weighted by Gasteiger charge is 2.79. The van der Waals surface area contributed by atoms with Gasteiger partial charge in [0.15, 0.2) is 18.2 Å². The number of amides is 1. The lowest BCUT2D eigenvalue weighted by molar-refractivity contribution is -0.672. The average molecular weight is 447 g/mol. The topological polar surface area (TPSA) is 189 Å². The lowest BCUT2D eigenvalue weighted by Crippen LogP contribution is -2.92. The van der Waals surface area contributed by atoms with Gasteiger partial charge in [-0.3, -0.25) is 26.6 Å². The van der Waals surface area contributed by atoms with Crippen LogP contribution in [-0.2, 0) is 9.53 Å². The Kier molecular flexibility index (Phi) is 4.82. The first-order chi connectivity index (χ1) is 14.9. The minimum Gasteiger partial charge on any atom is -0.449 e. The Morgan fingerprint density at radius 2 is 1.91 bits per heavy atom. The van der Waals surface area contributed by atoms with E-state index in [1.807, 2.05) is 20.8 Å². The molecule has 0 saturated carbocycles. The van der Waals surface area contributed by atoms with Crippen molar-refractivity contribution in [2.75, 3.05) is 6.54 Å². The summed E-state index contributed by atoms with van der Waals surface area (Å²) < 4.78 is 6.88. The molecule has 0 aromatic heterocycles. The maximum Gasteiger partial charge on any atom is 0.347 e. The first kappa shape index (κ1) is 21.8. The summed E-state index contributed by atoms with van der Waals surface area (Å²) in [6.45, 7) is 5.30. The van der Waals surface area contributed by atoms with Crippen LogP contribution in [0.2, 0.25) is 0 Å². The standard InChI is InChI=1S/C20H27N7O5/c1-18(2,3)25-14(28)12-13-19(26-16(21)24-13)20(30,31)11(9-27(19)17(22)23-12)32-15(29)10-7-5-4-6-8-10/h4-8,11-13,30-31H,9H2,1-3H3,(H6,21,22,23,24,25,26,28)/p+2/t11-,12?,13-,19-/m0/s1. The highest BCUT2D eigenvalue weighted by Crippen LogP contribution is 2.39. The van der Waals surface area contributed by atoms with Gasteiger partial charge in [0, 0.05) is 5.54 Å². The first-order valence-electron chi connectivity index (χ1n) is 10.2. The minimum absolute atomic E-state index is 0.00467. The molecule has 1 unspecified atom stereocenters. The van der Waals surface area contributed by atoms with E-state index in [1.54, 1.807) is 30.3 Å². The number of guanidine groups is 2. The number of nitrogens with one attached hydrogen (secondary N) is 4. The van der Waals surface area contributed by atoms with Crippen molar-refractivity contribution in [2.45, 2.75) is 55.9 Å². The number of aliphatic hydroxyl groups is 2. The smallest absolute Gasteiger partial charge is 0.347 e. The molecule has 10 N–H and O–H groups in total. The normalized spacial score (nSPS) is 30.4. The second-order valence-corrected chi connectivity index (χ2v) is 9.27. The second-order valence-electron chi connectivity index (χ2n) is 9.27. The van der Waals surface area contributed by atoms with Gasteiger partial charge in [-0.2, -0.15) is 0 Å². The van der Waals surface area contributed by atoms with Crippen LogP contribution in [0, 0.1) is 0 Å². The number of hydrogen-bond acceptors (Lipinski definition) is 9. The molecule has 12 heteroatoms. The summed E-state index contributed by atoms with van der Waals surface area (Å²) in [6, 6.07) is 6.21. The Labute approximate surface area is 184 Å². The van der Waals surface area contributed by atoms with Crippen molar-refractivity contribution >= 4 is 23.8 Å². The Hall–Kier alpha value is -3.38. The Balaban J connectivity index is 1.70. The van der Waals surface area contributed by atoms with Crippen molar-refractivity contribution < 1.29 is 34.1 Å². The average Bonchev–Trinajstić information content (AvgIpc) is 3.16. The molecule has 0 aliphatic carbocycles. The fourth-order valence-electron chi connectivity index (χ4n) is 4.52. The summed E-state index contributed by atoms with van der Waals surface area (Å²) in [6.07, 6.45) is -1.40. The molecule has 1 saturated heterocycles. The number of carbonyl (C=O) groups excluding carboxylic acids is 2. The largest absolute Gasteiger partial charge is 0.449 e. The number of esters is 1. The summed E-state index contributed by atoms with van der Waals surface area (Å²) in [4.78, 5) is 28.5. The number of ether oxygens (including phenoxy) is 1. The van der Waals surface area contributed by atoms with Gasteiger partial charge in [0.25, 0.3) is 11.7 Å². The summed E-state index contributed by atoms with van der Waals surface area (Å²) in [7, 11) is 0. The molecular weight excluding hydrogens is 418 g/mol.